The maximum atomic E-state index is 12.8. The van der Waals surface area contributed by atoms with Gasteiger partial charge in [0, 0.05) is 11.7 Å². The van der Waals surface area contributed by atoms with Crippen molar-refractivity contribution in [2.45, 2.75) is 52.2 Å². The minimum absolute atomic E-state index is 0.00990. The van der Waals surface area contributed by atoms with Crippen LogP contribution in [0.1, 0.15) is 43.5 Å². The Morgan fingerprint density at radius 1 is 1.42 bits per heavy atom. The van der Waals surface area contributed by atoms with Crippen LogP contribution in [0.2, 0.25) is 0 Å². The number of aromatic nitrogens is 2. The van der Waals surface area contributed by atoms with E-state index in [9.17, 15) is 4.79 Å². The Hall–Kier alpha value is -2.21. The summed E-state index contributed by atoms with van der Waals surface area (Å²) < 4.78 is 10.5. The zero-order valence-electron chi connectivity index (χ0n) is 14.2. The van der Waals surface area contributed by atoms with E-state index in [1.54, 1.807) is 6.92 Å². The summed E-state index contributed by atoms with van der Waals surface area (Å²) in [5.74, 6) is 0.939. The summed E-state index contributed by atoms with van der Waals surface area (Å²) in [6, 6.07) is 8.37. The van der Waals surface area contributed by atoms with Gasteiger partial charge in [0.15, 0.2) is 5.82 Å². The van der Waals surface area contributed by atoms with Gasteiger partial charge in [0.05, 0.1) is 0 Å². The number of carbonyl (C=O) groups excluding carboxylic acids is 1. The molecule has 1 unspecified atom stereocenters. The van der Waals surface area contributed by atoms with Crippen LogP contribution in [0.3, 0.4) is 0 Å². The number of ether oxygens (including phenoxy) is 1. The maximum Gasteiger partial charge on any atom is 0.253 e. The molecule has 128 valence electrons. The predicted octanol–water partition coefficient (Wildman–Crippen LogP) is 3.04. The number of anilines is 1. The van der Waals surface area contributed by atoms with Crippen molar-refractivity contribution in [1.29, 1.82) is 0 Å². The second-order valence-corrected chi connectivity index (χ2v) is 6.10. The molecule has 1 aliphatic rings. The van der Waals surface area contributed by atoms with Gasteiger partial charge in [-0.05, 0) is 37.8 Å². The molecule has 0 saturated heterocycles. The van der Waals surface area contributed by atoms with Gasteiger partial charge in [0.2, 0.25) is 0 Å². The van der Waals surface area contributed by atoms with Crippen LogP contribution in [0.5, 0.6) is 0 Å². The SMILES string of the molecule is CCCC1CCc2ccccc2N1C(=O)COCc1nc(C)no1. The molecular weight excluding hydrogens is 306 g/mol. The van der Waals surface area contributed by atoms with Crippen molar-refractivity contribution in [3.63, 3.8) is 0 Å². The van der Waals surface area contributed by atoms with Crippen molar-refractivity contribution < 1.29 is 14.1 Å². The minimum atomic E-state index is -0.0168. The molecule has 0 aliphatic carbocycles. The number of rotatable bonds is 6. The van der Waals surface area contributed by atoms with Gasteiger partial charge in [-0.1, -0.05) is 36.7 Å². The highest BCUT2D eigenvalue weighted by Crippen LogP contribution is 2.32. The third-order valence-corrected chi connectivity index (χ3v) is 4.27. The van der Waals surface area contributed by atoms with Gasteiger partial charge in [0.25, 0.3) is 11.8 Å². The van der Waals surface area contributed by atoms with E-state index < -0.39 is 0 Å². The fourth-order valence-corrected chi connectivity index (χ4v) is 3.24. The van der Waals surface area contributed by atoms with Crippen molar-refractivity contribution in [1.82, 2.24) is 10.1 Å². The average Bonchev–Trinajstić information content (AvgIpc) is 3.00. The molecule has 6 nitrogen and oxygen atoms in total. The first-order valence-corrected chi connectivity index (χ1v) is 8.46. The van der Waals surface area contributed by atoms with Crippen LogP contribution in [-0.2, 0) is 22.6 Å². The summed E-state index contributed by atoms with van der Waals surface area (Å²) in [7, 11) is 0. The molecule has 2 aromatic rings. The second kappa shape index (κ2) is 7.57. The lowest BCUT2D eigenvalue weighted by molar-refractivity contribution is -0.124. The van der Waals surface area contributed by atoms with Gasteiger partial charge in [-0.25, -0.2) is 0 Å². The van der Waals surface area contributed by atoms with Crippen LogP contribution in [0, 0.1) is 6.92 Å². The minimum Gasteiger partial charge on any atom is -0.362 e. The molecule has 1 aromatic carbocycles. The van der Waals surface area contributed by atoms with E-state index in [0.29, 0.717) is 11.7 Å². The zero-order valence-corrected chi connectivity index (χ0v) is 14.2. The van der Waals surface area contributed by atoms with Gasteiger partial charge < -0.3 is 14.2 Å². The van der Waals surface area contributed by atoms with Crippen LogP contribution in [0.4, 0.5) is 5.69 Å². The van der Waals surface area contributed by atoms with Crippen molar-refractivity contribution in [3.8, 4) is 0 Å². The molecule has 24 heavy (non-hydrogen) atoms. The molecular formula is C18H23N3O3. The third-order valence-electron chi connectivity index (χ3n) is 4.27. The number of nitrogens with zero attached hydrogens (tertiary/aromatic N) is 3. The topological polar surface area (TPSA) is 68.5 Å². The largest absolute Gasteiger partial charge is 0.362 e. The highest BCUT2D eigenvalue weighted by molar-refractivity contribution is 5.96. The zero-order chi connectivity index (χ0) is 16.9. The van der Waals surface area contributed by atoms with Gasteiger partial charge in [-0.15, -0.1) is 0 Å². The molecule has 1 amide bonds. The van der Waals surface area contributed by atoms with Crippen LogP contribution in [0.25, 0.3) is 0 Å². The lowest BCUT2D eigenvalue weighted by atomic mass is 9.93. The lowest BCUT2D eigenvalue weighted by Crippen LogP contribution is -2.45. The third kappa shape index (κ3) is 3.64. The number of fused-ring (bicyclic) bond motifs is 1. The number of hydrogen-bond acceptors (Lipinski definition) is 5. The Kier molecular flexibility index (Phi) is 5.25. The molecule has 0 bridgehead atoms. The molecule has 1 aromatic heterocycles. The Morgan fingerprint density at radius 3 is 3.00 bits per heavy atom. The second-order valence-electron chi connectivity index (χ2n) is 6.10. The van der Waals surface area contributed by atoms with Gasteiger partial charge in [-0.2, -0.15) is 4.98 Å². The first-order valence-electron chi connectivity index (χ1n) is 8.46. The van der Waals surface area contributed by atoms with E-state index in [1.807, 2.05) is 23.1 Å². The smallest absolute Gasteiger partial charge is 0.253 e. The van der Waals surface area contributed by atoms with E-state index in [-0.39, 0.29) is 25.2 Å². The summed E-state index contributed by atoms with van der Waals surface area (Å²) in [5.41, 5.74) is 2.25. The number of hydrogen-bond donors (Lipinski definition) is 0. The van der Waals surface area contributed by atoms with Crippen molar-refractivity contribution >= 4 is 11.6 Å². The fourth-order valence-electron chi connectivity index (χ4n) is 3.24. The average molecular weight is 329 g/mol. The first-order chi connectivity index (χ1) is 11.7. The Balaban J connectivity index is 1.68. The Morgan fingerprint density at radius 2 is 2.25 bits per heavy atom. The Labute approximate surface area is 141 Å². The van der Waals surface area contributed by atoms with E-state index in [4.69, 9.17) is 9.26 Å². The van der Waals surface area contributed by atoms with Gasteiger partial charge >= 0.3 is 0 Å². The summed E-state index contributed by atoms with van der Waals surface area (Å²) >= 11 is 0. The monoisotopic (exact) mass is 329 g/mol. The molecule has 0 spiro atoms. The molecule has 0 radical (unpaired) electrons. The number of carbonyl (C=O) groups is 1. The summed E-state index contributed by atoms with van der Waals surface area (Å²) in [6.45, 7) is 4.06. The quantitative estimate of drug-likeness (QED) is 0.815. The number of benzene rings is 1. The molecule has 0 N–H and O–H groups in total. The van der Waals surface area contributed by atoms with Crippen LogP contribution < -0.4 is 4.90 Å². The molecule has 3 rings (SSSR count). The molecule has 1 atom stereocenters. The molecule has 2 heterocycles. The van der Waals surface area contributed by atoms with E-state index in [2.05, 4.69) is 23.1 Å². The van der Waals surface area contributed by atoms with E-state index in [0.717, 1.165) is 31.4 Å². The van der Waals surface area contributed by atoms with Crippen LogP contribution >= 0.6 is 0 Å². The van der Waals surface area contributed by atoms with E-state index in [1.165, 1.54) is 5.56 Å². The predicted molar refractivity (Wildman–Crippen MR) is 89.6 cm³/mol. The maximum absolute atomic E-state index is 12.8. The van der Waals surface area contributed by atoms with Crippen molar-refractivity contribution in [3.05, 3.63) is 41.5 Å². The van der Waals surface area contributed by atoms with Crippen molar-refractivity contribution in [2.24, 2.45) is 0 Å². The van der Waals surface area contributed by atoms with Crippen LogP contribution in [-0.4, -0.2) is 28.7 Å². The fraction of sp³-hybridized carbons (Fsp3) is 0.500. The molecule has 1 aliphatic heterocycles. The number of para-hydroxylation sites is 1. The highest BCUT2D eigenvalue weighted by atomic mass is 16.5. The highest BCUT2D eigenvalue weighted by Gasteiger charge is 2.30. The normalized spacial score (nSPS) is 16.9. The first kappa shape index (κ1) is 16.6. The van der Waals surface area contributed by atoms with Gasteiger partial charge in [-0.3, -0.25) is 4.79 Å². The standard InChI is InChI=1S/C18H23N3O3/c1-3-6-15-10-9-14-7-4-5-8-16(14)21(15)18(22)12-23-11-17-19-13(2)20-24-17/h4-5,7-8,15H,3,6,9-12H2,1-2H3. The molecule has 0 fully saturated rings. The summed E-state index contributed by atoms with van der Waals surface area (Å²) in [4.78, 5) is 18.8. The van der Waals surface area contributed by atoms with Crippen LogP contribution in [0.15, 0.2) is 28.8 Å². The number of aryl methyl sites for hydroxylation is 2. The van der Waals surface area contributed by atoms with Crippen molar-refractivity contribution in [2.75, 3.05) is 11.5 Å². The molecule has 0 saturated carbocycles. The van der Waals surface area contributed by atoms with Gasteiger partial charge in [0.1, 0.15) is 13.2 Å². The number of amides is 1. The summed E-state index contributed by atoms with van der Waals surface area (Å²) in [5, 5.41) is 3.71. The lowest BCUT2D eigenvalue weighted by Gasteiger charge is -2.37. The Bertz CT molecular complexity index is 698. The summed E-state index contributed by atoms with van der Waals surface area (Å²) in [6.07, 6.45) is 4.08. The molecule has 6 heteroatoms. The van der Waals surface area contributed by atoms with E-state index >= 15 is 0 Å².